The van der Waals surface area contributed by atoms with E-state index < -0.39 is 0 Å². The molecular weight excluding hydrogens is 170 g/mol. The first-order valence-electron chi connectivity index (χ1n) is 1.48. The van der Waals surface area contributed by atoms with Crippen molar-refractivity contribution in [3.05, 3.63) is 12.2 Å². The van der Waals surface area contributed by atoms with Gasteiger partial charge in [-0.1, -0.05) is 6.08 Å². The number of hydrogen-bond acceptors (Lipinski definition) is 1. The first-order chi connectivity index (χ1) is 2.41. The van der Waals surface area contributed by atoms with Gasteiger partial charge in [0.1, 0.15) is 6.29 Å². The van der Waals surface area contributed by atoms with Gasteiger partial charge in [-0.2, -0.15) is 0 Å². The molecule has 0 atom stereocenters. The molecule has 0 rings (SSSR count). The predicted molar refractivity (Wildman–Crippen MR) is 20.9 cm³/mol. The van der Waals surface area contributed by atoms with E-state index in [2.05, 4.69) is 0 Å². The van der Waals surface area contributed by atoms with Crippen LogP contribution in [-0.2, 0) is 25.2 Å². The largest absolute Gasteiger partial charge is 0.299 e. The molecule has 0 saturated heterocycles. The fraction of sp³-hybridized carbons (Fsp3) is 0.250. The van der Waals surface area contributed by atoms with Crippen LogP contribution in [-0.4, -0.2) is 6.29 Å². The van der Waals surface area contributed by atoms with Gasteiger partial charge < -0.3 is 0 Å². The Kier molecular flexibility index (Phi) is 14.0. The predicted octanol–water partition coefficient (Wildman–Crippen LogP) is 0.759. The Balaban J connectivity index is 0. The Labute approximate surface area is 51.1 Å². The average molecular weight is 177 g/mol. The average Bonchev–Trinajstić information content (AvgIpc) is 1.41. The van der Waals surface area contributed by atoms with Crippen molar-refractivity contribution in [2.75, 3.05) is 0 Å². The van der Waals surface area contributed by atoms with Gasteiger partial charge in [-0.05, 0) is 13.0 Å². The summed E-state index contributed by atoms with van der Waals surface area (Å²) in [5, 5.41) is 0. The molecule has 0 aromatic heterocycles. The van der Waals surface area contributed by atoms with Crippen LogP contribution in [0.1, 0.15) is 6.92 Å². The van der Waals surface area contributed by atoms with Crippen LogP contribution < -0.4 is 0 Å². The maximum absolute atomic E-state index is 9.32. The minimum atomic E-state index is 0. The van der Waals surface area contributed by atoms with Crippen LogP contribution in [0.4, 0.5) is 0 Å². The molecule has 0 aromatic carbocycles. The maximum atomic E-state index is 9.32. The topological polar surface area (TPSA) is 17.1 Å². The van der Waals surface area contributed by atoms with Crippen molar-refractivity contribution < 1.29 is 25.2 Å². The molecule has 0 aliphatic heterocycles. The third-order valence-electron chi connectivity index (χ3n) is 0.271. The summed E-state index contributed by atoms with van der Waals surface area (Å²) in [6.45, 7) is 1.80. The van der Waals surface area contributed by atoms with Crippen LogP contribution in [0.15, 0.2) is 12.2 Å². The Bertz CT molecular complexity index is 49.5. The Morgan fingerprint density at radius 3 is 2.00 bits per heavy atom. The number of rotatable bonds is 1. The molecule has 0 aliphatic carbocycles. The first-order valence-corrected chi connectivity index (χ1v) is 1.48. The summed E-state index contributed by atoms with van der Waals surface area (Å²) in [5.41, 5.74) is 0. The summed E-state index contributed by atoms with van der Waals surface area (Å²) < 4.78 is 0. The van der Waals surface area contributed by atoms with E-state index >= 15 is 0 Å². The quantitative estimate of drug-likeness (QED) is 0.328. The van der Waals surface area contributed by atoms with Gasteiger partial charge in [-0.15, -0.1) is 0 Å². The zero-order valence-electron chi connectivity index (χ0n) is 3.46. The molecule has 0 radical (unpaired) electrons. The van der Waals surface area contributed by atoms with Crippen molar-refractivity contribution >= 4 is 6.29 Å². The minimum absolute atomic E-state index is 0. The van der Waals surface area contributed by atoms with Crippen LogP contribution in [0, 0.1) is 0 Å². The summed E-state index contributed by atoms with van der Waals surface area (Å²) in [6, 6.07) is 0. The van der Waals surface area contributed by atoms with Crippen molar-refractivity contribution in [1.82, 2.24) is 0 Å². The van der Waals surface area contributed by atoms with Gasteiger partial charge in [0.15, 0.2) is 0 Å². The SMILES string of the molecule is CC=CC=O.[Pd]. The normalized spacial score (nSPS) is 7.50. The molecule has 0 spiro atoms. The third-order valence-corrected chi connectivity index (χ3v) is 0.271. The number of carbonyl (C=O) groups excluding carboxylic acids is 1. The maximum Gasteiger partial charge on any atom is 0.142 e. The Hall–Kier alpha value is 0.0723. The molecule has 0 N–H and O–H groups in total. The van der Waals surface area contributed by atoms with Crippen LogP contribution >= 0.6 is 0 Å². The van der Waals surface area contributed by atoms with E-state index in [0.29, 0.717) is 0 Å². The van der Waals surface area contributed by atoms with Gasteiger partial charge >= 0.3 is 0 Å². The fourth-order valence-corrected chi connectivity index (χ4v) is 0.0786. The van der Waals surface area contributed by atoms with Crippen LogP contribution in [0.3, 0.4) is 0 Å². The molecule has 0 bridgehead atoms. The fourth-order valence-electron chi connectivity index (χ4n) is 0.0786. The van der Waals surface area contributed by atoms with Crippen molar-refractivity contribution in [3.8, 4) is 0 Å². The summed E-state index contributed by atoms with van der Waals surface area (Å²) in [7, 11) is 0. The summed E-state index contributed by atoms with van der Waals surface area (Å²) in [6.07, 6.45) is 3.88. The number of carbonyl (C=O) groups is 1. The number of allylic oxidation sites excluding steroid dienone is 2. The molecule has 0 heterocycles. The zero-order valence-corrected chi connectivity index (χ0v) is 5.01. The second-order valence-corrected chi connectivity index (χ2v) is 0.662. The summed E-state index contributed by atoms with van der Waals surface area (Å²) >= 11 is 0. The molecule has 1 nitrogen and oxygen atoms in total. The second-order valence-electron chi connectivity index (χ2n) is 0.662. The van der Waals surface area contributed by atoms with Crippen molar-refractivity contribution in [2.45, 2.75) is 6.92 Å². The molecule has 0 aromatic rings. The number of hydrogen-bond donors (Lipinski definition) is 0. The zero-order chi connectivity index (χ0) is 4.12. The van der Waals surface area contributed by atoms with E-state index in [4.69, 9.17) is 0 Å². The molecule has 0 saturated carbocycles. The van der Waals surface area contributed by atoms with Crippen molar-refractivity contribution in [1.29, 1.82) is 0 Å². The monoisotopic (exact) mass is 176 g/mol. The van der Waals surface area contributed by atoms with Gasteiger partial charge in [-0.25, -0.2) is 0 Å². The van der Waals surface area contributed by atoms with Gasteiger partial charge in [-0.3, -0.25) is 4.79 Å². The smallest absolute Gasteiger partial charge is 0.142 e. The minimum Gasteiger partial charge on any atom is -0.299 e. The molecule has 0 unspecified atom stereocenters. The van der Waals surface area contributed by atoms with Crippen molar-refractivity contribution in [2.24, 2.45) is 0 Å². The Morgan fingerprint density at radius 1 is 1.50 bits per heavy atom. The second kappa shape index (κ2) is 8.91. The molecular formula is C4H6OPd. The third kappa shape index (κ3) is 8.95. The van der Waals surface area contributed by atoms with Crippen molar-refractivity contribution in [3.63, 3.8) is 0 Å². The molecule has 0 aliphatic rings. The molecule has 6 heavy (non-hydrogen) atoms. The summed E-state index contributed by atoms with van der Waals surface area (Å²) in [4.78, 5) is 9.32. The van der Waals surface area contributed by atoms with Crippen LogP contribution in [0.2, 0.25) is 0 Å². The summed E-state index contributed by atoms with van der Waals surface area (Å²) in [5.74, 6) is 0. The van der Waals surface area contributed by atoms with Gasteiger partial charge in [0.2, 0.25) is 0 Å². The van der Waals surface area contributed by atoms with E-state index in [0.717, 1.165) is 6.29 Å². The molecule has 38 valence electrons. The number of aldehydes is 1. The van der Waals surface area contributed by atoms with E-state index in [-0.39, 0.29) is 20.4 Å². The molecule has 0 amide bonds. The Morgan fingerprint density at radius 2 is 2.00 bits per heavy atom. The standard InChI is InChI=1S/C4H6O.Pd/c1-2-3-4-5;/h2-4H,1H3;. The van der Waals surface area contributed by atoms with E-state index in [1.807, 2.05) is 0 Å². The van der Waals surface area contributed by atoms with Gasteiger partial charge in [0, 0.05) is 20.4 Å². The first kappa shape index (κ1) is 9.42. The van der Waals surface area contributed by atoms with Crippen LogP contribution in [0.25, 0.3) is 0 Å². The van der Waals surface area contributed by atoms with Crippen LogP contribution in [0.5, 0.6) is 0 Å². The van der Waals surface area contributed by atoms with E-state index in [1.165, 1.54) is 6.08 Å². The van der Waals surface area contributed by atoms with E-state index in [1.54, 1.807) is 13.0 Å². The van der Waals surface area contributed by atoms with Gasteiger partial charge in [0.05, 0.1) is 0 Å². The molecule has 0 fully saturated rings. The van der Waals surface area contributed by atoms with E-state index in [9.17, 15) is 4.79 Å². The van der Waals surface area contributed by atoms with Gasteiger partial charge in [0.25, 0.3) is 0 Å². The molecule has 2 heteroatoms.